The van der Waals surface area contributed by atoms with Gasteiger partial charge in [-0.15, -0.1) is 0 Å². The van der Waals surface area contributed by atoms with Gasteiger partial charge in [0, 0.05) is 38.3 Å². The third-order valence-corrected chi connectivity index (χ3v) is 4.96. The molecule has 0 unspecified atom stereocenters. The number of halogens is 1. The van der Waals surface area contributed by atoms with Gasteiger partial charge in [-0.3, -0.25) is 14.5 Å². The maximum atomic E-state index is 13.2. The molecule has 29 heavy (non-hydrogen) atoms. The summed E-state index contributed by atoms with van der Waals surface area (Å²) in [5.41, 5.74) is 0.330. The zero-order valence-corrected chi connectivity index (χ0v) is 16.0. The standard InChI is InChI=1S/C21H23FN4O3/c22-15-2-1-3-17(12-15)29-18-6-7-19(23-13-18)21(28)26-10-8-25(9-11-26)14-20(27)24-16-4-5-16/h1-3,6-7,12-13,16H,4-5,8-11,14H2,(H,24,27). The average molecular weight is 398 g/mol. The third-order valence-electron chi connectivity index (χ3n) is 4.96. The second-order valence-electron chi connectivity index (χ2n) is 7.35. The molecule has 1 aromatic carbocycles. The molecule has 2 aliphatic rings. The van der Waals surface area contributed by atoms with E-state index in [0.29, 0.717) is 56.0 Å². The summed E-state index contributed by atoms with van der Waals surface area (Å²) in [6.45, 7) is 2.80. The number of ether oxygens (including phenoxy) is 1. The number of carbonyl (C=O) groups is 2. The smallest absolute Gasteiger partial charge is 0.272 e. The van der Waals surface area contributed by atoms with E-state index in [0.717, 1.165) is 12.8 Å². The monoisotopic (exact) mass is 398 g/mol. The number of piperazine rings is 1. The summed E-state index contributed by atoms with van der Waals surface area (Å²) >= 11 is 0. The molecular weight excluding hydrogens is 375 g/mol. The number of nitrogens with zero attached hydrogens (tertiary/aromatic N) is 3. The Morgan fingerprint density at radius 1 is 1.10 bits per heavy atom. The van der Waals surface area contributed by atoms with E-state index in [1.54, 1.807) is 29.2 Å². The van der Waals surface area contributed by atoms with E-state index < -0.39 is 0 Å². The van der Waals surface area contributed by atoms with Gasteiger partial charge >= 0.3 is 0 Å². The summed E-state index contributed by atoms with van der Waals surface area (Å²) in [4.78, 5) is 32.6. The second kappa shape index (κ2) is 8.57. The molecule has 7 nitrogen and oxygen atoms in total. The topological polar surface area (TPSA) is 74.8 Å². The Bertz CT molecular complexity index is 878. The summed E-state index contributed by atoms with van der Waals surface area (Å²) in [6, 6.07) is 9.44. The second-order valence-corrected chi connectivity index (χ2v) is 7.35. The molecule has 0 bridgehead atoms. The minimum atomic E-state index is -0.383. The van der Waals surface area contributed by atoms with Crippen LogP contribution in [0.2, 0.25) is 0 Å². The van der Waals surface area contributed by atoms with Crippen LogP contribution in [0.25, 0.3) is 0 Å². The number of rotatable bonds is 6. The van der Waals surface area contributed by atoms with Gasteiger partial charge in [0.05, 0.1) is 12.7 Å². The fraction of sp³-hybridized carbons (Fsp3) is 0.381. The molecule has 1 saturated carbocycles. The van der Waals surface area contributed by atoms with Crippen LogP contribution in [0.1, 0.15) is 23.3 Å². The van der Waals surface area contributed by atoms with Crippen LogP contribution in [0.3, 0.4) is 0 Å². The van der Waals surface area contributed by atoms with E-state index in [2.05, 4.69) is 15.2 Å². The van der Waals surface area contributed by atoms with E-state index in [9.17, 15) is 14.0 Å². The van der Waals surface area contributed by atoms with Crippen LogP contribution in [0.5, 0.6) is 11.5 Å². The summed E-state index contributed by atoms with van der Waals surface area (Å²) < 4.78 is 18.8. The van der Waals surface area contributed by atoms with E-state index >= 15 is 0 Å². The Morgan fingerprint density at radius 3 is 2.55 bits per heavy atom. The number of benzene rings is 1. The minimum Gasteiger partial charge on any atom is -0.456 e. The summed E-state index contributed by atoms with van der Waals surface area (Å²) in [5, 5.41) is 2.98. The van der Waals surface area contributed by atoms with Crippen LogP contribution in [0, 0.1) is 5.82 Å². The van der Waals surface area contributed by atoms with Crippen molar-refractivity contribution in [1.29, 1.82) is 0 Å². The first-order valence-electron chi connectivity index (χ1n) is 9.77. The molecule has 152 valence electrons. The van der Waals surface area contributed by atoms with Gasteiger partial charge in [-0.1, -0.05) is 6.07 Å². The summed E-state index contributed by atoms with van der Waals surface area (Å²) in [5.74, 6) is 0.324. The van der Waals surface area contributed by atoms with E-state index in [4.69, 9.17) is 4.74 Å². The Morgan fingerprint density at radius 2 is 1.90 bits per heavy atom. The van der Waals surface area contributed by atoms with Crippen molar-refractivity contribution in [2.45, 2.75) is 18.9 Å². The Kier molecular flexibility index (Phi) is 5.71. The summed E-state index contributed by atoms with van der Waals surface area (Å²) in [6.07, 6.45) is 3.61. The highest BCUT2D eigenvalue weighted by atomic mass is 19.1. The molecule has 2 heterocycles. The van der Waals surface area contributed by atoms with Crippen molar-refractivity contribution < 1.29 is 18.7 Å². The zero-order valence-electron chi connectivity index (χ0n) is 16.0. The number of carbonyl (C=O) groups excluding carboxylic acids is 2. The quantitative estimate of drug-likeness (QED) is 0.806. The highest BCUT2D eigenvalue weighted by Gasteiger charge is 2.27. The van der Waals surface area contributed by atoms with Crippen molar-refractivity contribution >= 4 is 11.8 Å². The van der Waals surface area contributed by atoms with Gasteiger partial charge in [0.2, 0.25) is 5.91 Å². The molecule has 0 radical (unpaired) electrons. The zero-order chi connectivity index (χ0) is 20.2. The Labute approximate surface area is 168 Å². The lowest BCUT2D eigenvalue weighted by molar-refractivity contribution is -0.122. The van der Waals surface area contributed by atoms with Gasteiger partial charge < -0.3 is 15.0 Å². The highest BCUT2D eigenvalue weighted by molar-refractivity contribution is 5.92. The molecule has 8 heteroatoms. The number of pyridine rings is 1. The van der Waals surface area contributed by atoms with Crippen LogP contribution < -0.4 is 10.1 Å². The van der Waals surface area contributed by atoms with Gasteiger partial charge in [0.15, 0.2) is 0 Å². The Balaban J connectivity index is 1.27. The first-order chi connectivity index (χ1) is 14.1. The van der Waals surface area contributed by atoms with E-state index in [-0.39, 0.29) is 17.6 Å². The van der Waals surface area contributed by atoms with Crippen LogP contribution in [-0.4, -0.2) is 65.4 Å². The third kappa shape index (κ3) is 5.29. The molecule has 1 aliphatic carbocycles. The van der Waals surface area contributed by atoms with Crippen molar-refractivity contribution in [3.8, 4) is 11.5 Å². The molecule has 1 aliphatic heterocycles. The molecular formula is C21H23FN4O3. The van der Waals surface area contributed by atoms with Gasteiger partial charge in [-0.05, 0) is 37.1 Å². The normalized spacial score (nSPS) is 17.1. The van der Waals surface area contributed by atoms with Crippen molar-refractivity contribution in [3.05, 3.63) is 54.1 Å². The van der Waals surface area contributed by atoms with Crippen LogP contribution in [0.15, 0.2) is 42.6 Å². The van der Waals surface area contributed by atoms with Crippen molar-refractivity contribution in [3.63, 3.8) is 0 Å². The maximum absolute atomic E-state index is 13.2. The minimum absolute atomic E-state index is 0.0582. The fourth-order valence-corrected chi connectivity index (χ4v) is 3.21. The van der Waals surface area contributed by atoms with Crippen LogP contribution >= 0.6 is 0 Å². The van der Waals surface area contributed by atoms with Crippen molar-refractivity contribution in [1.82, 2.24) is 20.1 Å². The lowest BCUT2D eigenvalue weighted by Gasteiger charge is -2.34. The molecule has 2 fully saturated rings. The molecule has 1 N–H and O–H groups in total. The number of hydrogen-bond donors (Lipinski definition) is 1. The predicted octanol–water partition coefficient (Wildman–Crippen LogP) is 2.05. The van der Waals surface area contributed by atoms with Crippen molar-refractivity contribution in [2.24, 2.45) is 0 Å². The van der Waals surface area contributed by atoms with Crippen molar-refractivity contribution in [2.75, 3.05) is 32.7 Å². The van der Waals surface area contributed by atoms with Gasteiger partial charge in [0.25, 0.3) is 5.91 Å². The van der Waals surface area contributed by atoms with E-state index in [1.165, 1.54) is 18.3 Å². The predicted molar refractivity (Wildman–Crippen MR) is 104 cm³/mol. The molecule has 1 saturated heterocycles. The van der Waals surface area contributed by atoms with Crippen LogP contribution in [-0.2, 0) is 4.79 Å². The highest BCUT2D eigenvalue weighted by Crippen LogP contribution is 2.22. The molecule has 0 spiro atoms. The molecule has 1 aromatic heterocycles. The Hall–Kier alpha value is -3.00. The fourth-order valence-electron chi connectivity index (χ4n) is 3.21. The molecule has 2 amide bonds. The number of hydrogen-bond acceptors (Lipinski definition) is 5. The maximum Gasteiger partial charge on any atom is 0.272 e. The molecule has 4 rings (SSSR count). The van der Waals surface area contributed by atoms with Crippen LogP contribution in [0.4, 0.5) is 4.39 Å². The SMILES string of the molecule is O=C(CN1CCN(C(=O)c2ccc(Oc3cccc(F)c3)cn2)CC1)NC1CC1. The molecule has 0 atom stereocenters. The molecule has 2 aromatic rings. The summed E-state index contributed by atoms with van der Waals surface area (Å²) in [7, 11) is 0. The first-order valence-corrected chi connectivity index (χ1v) is 9.77. The lowest BCUT2D eigenvalue weighted by atomic mass is 10.2. The van der Waals surface area contributed by atoms with E-state index in [1.807, 2.05) is 0 Å². The average Bonchev–Trinajstić information content (AvgIpc) is 3.52. The van der Waals surface area contributed by atoms with Gasteiger partial charge in [-0.25, -0.2) is 9.37 Å². The number of aromatic nitrogens is 1. The first kappa shape index (κ1) is 19.3. The van der Waals surface area contributed by atoms with Gasteiger partial charge in [-0.2, -0.15) is 0 Å². The largest absolute Gasteiger partial charge is 0.456 e. The lowest BCUT2D eigenvalue weighted by Crippen LogP contribution is -2.51. The number of nitrogens with one attached hydrogen (secondary N) is 1. The van der Waals surface area contributed by atoms with Gasteiger partial charge in [0.1, 0.15) is 23.0 Å². The number of amides is 2.